The molecule has 0 atom stereocenters. The second-order valence-electron chi connectivity index (χ2n) is 4.36. The Hall–Kier alpha value is -0.880. The minimum Gasteiger partial charge on any atom is -0.311 e. The number of nitrogens with zero attached hydrogens (tertiary/aromatic N) is 2. The van der Waals surface area contributed by atoms with Crippen LogP contribution in [-0.4, -0.2) is 27.2 Å². The lowest BCUT2D eigenvalue weighted by Crippen LogP contribution is -2.24. The quantitative estimate of drug-likeness (QED) is 0.860. The van der Waals surface area contributed by atoms with Crippen LogP contribution in [0.2, 0.25) is 0 Å². The van der Waals surface area contributed by atoms with Gasteiger partial charge in [-0.3, -0.25) is 9.79 Å². The maximum Gasteiger partial charge on any atom is 0.189 e. The first-order valence-corrected chi connectivity index (χ1v) is 7.91. The minimum atomic E-state index is -0.00298. The van der Waals surface area contributed by atoms with Crippen LogP contribution in [0, 0.1) is 0 Å². The monoisotopic (exact) mass is 283 g/mol. The van der Waals surface area contributed by atoms with Crippen LogP contribution >= 0.6 is 23.1 Å². The molecule has 0 aromatic carbocycles. The van der Waals surface area contributed by atoms with Crippen LogP contribution in [0.25, 0.3) is 0 Å². The van der Waals surface area contributed by atoms with Gasteiger partial charge in [-0.25, -0.2) is 4.98 Å². The highest BCUT2D eigenvalue weighted by molar-refractivity contribution is 8.14. The van der Waals surface area contributed by atoms with Crippen LogP contribution < -0.4 is 5.32 Å². The van der Waals surface area contributed by atoms with Crippen molar-refractivity contribution in [3.8, 4) is 0 Å². The summed E-state index contributed by atoms with van der Waals surface area (Å²) in [5.41, 5.74) is 0.594. The maximum absolute atomic E-state index is 11.2. The molecule has 0 aliphatic carbocycles. The van der Waals surface area contributed by atoms with Crippen molar-refractivity contribution >= 4 is 39.2 Å². The Bertz CT molecular complexity index is 477. The van der Waals surface area contributed by atoms with E-state index in [0.29, 0.717) is 5.69 Å². The SMILES string of the molecule is CCC1(CC)CSC(Nc2nc(C(C)=O)cs2)=N1. The average molecular weight is 283 g/mol. The average Bonchev–Trinajstić information content (AvgIpc) is 2.97. The first-order chi connectivity index (χ1) is 8.58. The highest BCUT2D eigenvalue weighted by Crippen LogP contribution is 2.34. The van der Waals surface area contributed by atoms with Gasteiger partial charge in [-0.2, -0.15) is 0 Å². The van der Waals surface area contributed by atoms with Gasteiger partial charge in [0.1, 0.15) is 5.69 Å². The van der Waals surface area contributed by atoms with Crippen molar-refractivity contribution in [3.63, 3.8) is 0 Å². The molecule has 0 unspecified atom stereocenters. The molecule has 1 aromatic heterocycles. The largest absolute Gasteiger partial charge is 0.311 e. The summed E-state index contributed by atoms with van der Waals surface area (Å²) in [4.78, 5) is 20.2. The van der Waals surface area contributed by atoms with Gasteiger partial charge in [0.2, 0.25) is 0 Å². The Morgan fingerprint density at radius 1 is 1.50 bits per heavy atom. The Morgan fingerprint density at radius 2 is 2.22 bits per heavy atom. The zero-order chi connectivity index (χ0) is 13.2. The molecule has 98 valence electrons. The van der Waals surface area contributed by atoms with E-state index in [-0.39, 0.29) is 11.3 Å². The number of amidine groups is 1. The van der Waals surface area contributed by atoms with E-state index in [2.05, 4.69) is 24.1 Å². The summed E-state index contributed by atoms with van der Waals surface area (Å²) in [6.45, 7) is 5.88. The number of hydrogen-bond donors (Lipinski definition) is 1. The number of thioether (sulfide) groups is 1. The molecule has 1 aliphatic rings. The first kappa shape index (κ1) is 13.5. The lowest BCUT2D eigenvalue weighted by molar-refractivity contribution is 0.101. The molecule has 0 spiro atoms. The van der Waals surface area contributed by atoms with Gasteiger partial charge in [0.05, 0.1) is 5.54 Å². The van der Waals surface area contributed by atoms with Crippen LogP contribution in [0.4, 0.5) is 5.13 Å². The second kappa shape index (κ2) is 5.40. The Labute approximate surface area is 115 Å². The molecule has 4 nitrogen and oxygen atoms in total. The van der Waals surface area contributed by atoms with Gasteiger partial charge in [-0.15, -0.1) is 11.3 Å². The number of hydrogen-bond acceptors (Lipinski definition) is 6. The van der Waals surface area contributed by atoms with E-state index in [1.807, 2.05) is 0 Å². The molecule has 18 heavy (non-hydrogen) atoms. The number of aliphatic imine (C=N–C) groups is 1. The van der Waals surface area contributed by atoms with Crippen molar-refractivity contribution < 1.29 is 4.79 Å². The van der Waals surface area contributed by atoms with E-state index in [9.17, 15) is 4.79 Å². The van der Waals surface area contributed by atoms with Gasteiger partial charge in [-0.1, -0.05) is 25.6 Å². The third kappa shape index (κ3) is 2.75. The van der Waals surface area contributed by atoms with E-state index in [4.69, 9.17) is 4.99 Å². The molecule has 0 radical (unpaired) electrons. The molecule has 0 saturated heterocycles. The number of carbonyl (C=O) groups excluding carboxylic acids is 1. The zero-order valence-electron chi connectivity index (χ0n) is 10.8. The predicted octanol–water partition coefficient (Wildman–Crippen LogP) is 3.42. The van der Waals surface area contributed by atoms with Gasteiger partial charge in [0, 0.05) is 18.1 Å². The molecular weight excluding hydrogens is 266 g/mol. The number of carbonyl (C=O) groups is 1. The van der Waals surface area contributed by atoms with Crippen LogP contribution in [0.5, 0.6) is 0 Å². The lowest BCUT2D eigenvalue weighted by Gasteiger charge is -2.20. The van der Waals surface area contributed by atoms with E-state index in [1.54, 1.807) is 17.1 Å². The van der Waals surface area contributed by atoms with E-state index >= 15 is 0 Å². The lowest BCUT2D eigenvalue weighted by atomic mass is 9.97. The second-order valence-corrected chi connectivity index (χ2v) is 6.18. The topological polar surface area (TPSA) is 54.4 Å². The standard InChI is InChI=1S/C12H17N3OS2/c1-4-12(5-2)7-18-11(15-12)14-10-13-9(6-17-10)8(3)16/h6H,4-5,7H2,1-3H3,(H,13,14,15). The van der Waals surface area contributed by atoms with Gasteiger partial charge in [-0.05, 0) is 12.8 Å². The zero-order valence-corrected chi connectivity index (χ0v) is 12.5. The van der Waals surface area contributed by atoms with Gasteiger partial charge in [0.15, 0.2) is 16.1 Å². The molecule has 0 fully saturated rings. The van der Waals surface area contributed by atoms with Gasteiger partial charge in [0.25, 0.3) is 0 Å². The highest BCUT2D eigenvalue weighted by atomic mass is 32.2. The molecule has 0 saturated carbocycles. The number of Topliss-reactive ketones (excluding diaryl/α,β-unsaturated/α-hetero) is 1. The predicted molar refractivity (Wildman–Crippen MR) is 78.9 cm³/mol. The van der Waals surface area contributed by atoms with Crippen molar-refractivity contribution in [1.29, 1.82) is 0 Å². The summed E-state index contributed by atoms with van der Waals surface area (Å²) in [5.74, 6) is 1.02. The molecule has 1 aromatic rings. The smallest absolute Gasteiger partial charge is 0.189 e. The summed E-state index contributed by atoms with van der Waals surface area (Å²) in [7, 11) is 0. The molecular formula is C12H17N3OS2. The normalized spacial score (nSPS) is 17.6. The Balaban J connectivity index is 2.08. The van der Waals surface area contributed by atoms with Crippen LogP contribution in [0.1, 0.15) is 44.1 Å². The summed E-state index contributed by atoms with van der Waals surface area (Å²) in [6, 6.07) is 0. The fraction of sp³-hybridized carbons (Fsp3) is 0.583. The fourth-order valence-electron chi connectivity index (χ4n) is 1.74. The summed E-state index contributed by atoms with van der Waals surface area (Å²) in [6.07, 6.45) is 2.11. The number of thiazole rings is 1. The van der Waals surface area contributed by atoms with Crippen LogP contribution in [0.15, 0.2) is 10.4 Å². The number of anilines is 1. The van der Waals surface area contributed by atoms with Crippen molar-refractivity contribution in [2.45, 2.75) is 39.2 Å². The molecule has 2 heterocycles. The van der Waals surface area contributed by atoms with Crippen molar-refractivity contribution in [1.82, 2.24) is 4.98 Å². The van der Waals surface area contributed by atoms with Crippen LogP contribution in [0.3, 0.4) is 0 Å². The molecule has 0 amide bonds. The minimum absolute atomic E-state index is 0.00298. The van der Waals surface area contributed by atoms with Gasteiger partial charge >= 0.3 is 0 Å². The van der Waals surface area contributed by atoms with E-state index in [0.717, 1.165) is 28.9 Å². The number of nitrogens with one attached hydrogen (secondary N) is 1. The summed E-state index contributed by atoms with van der Waals surface area (Å²) in [5, 5.41) is 6.65. The van der Waals surface area contributed by atoms with Crippen LogP contribution in [-0.2, 0) is 0 Å². The van der Waals surface area contributed by atoms with Crippen molar-refractivity contribution in [2.75, 3.05) is 11.1 Å². The third-order valence-electron chi connectivity index (χ3n) is 3.21. The maximum atomic E-state index is 11.2. The van der Waals surface area contributed by atoms with Crippen molar-refractivity contribution in [3.05, 3.63) is 11.1 Å². The molecule has 1 aliphatic heterocycles. The highest BCUT2D eigenvalue weighted by Gasteiger charge is 2.32. The number of rotatable bonds is 4. The van der Waals surface area contributed by atoms with Gasteiger partial charge < -0.3 is 5.32 Å². The molecule has 0 bridgehead atoms. The first-order valence-electron chi connectivity index (χ1n) is 6.04. The molecule has 2 rings (SSSR count). The number of ketones is 1. The van der Waals surface area contributed by atoms with Crippen molar-refractivity contribution in [2.24, 2.45) is 4.99 Å². The summed E-state index contributed by atoms with van der Waals surface area (Å²) >= 11 is 3.17. The fourth-order valence-corrected chi connectivity index (χ4v) is 3.86. The Morgan fingerprint density at radius 3 is 2.72 bits per heavy atom. The third-order valence-corrected chi connectivity index (χ3v) is 5.12. The van der Waals surface area contributed by atoms with E-state index in [1.165, 1.54) is 18.3 Å². The summed E-state index contributed by atoms with van der Waals surface area (Å²) < 4.78 is 0. The number of aromatic nitrogens is 1. The molecule has 1 N–H and O–H groups in total. The Kier molecular flexibility index (Phi) is 4.07. The van der Waals surface area contributed by atoms with E-state index < -0.39 is 0 Å². The molecule has 6 heteroatoms.